The Morgan fingerprint density at radius 2 is 1.79 bits per heavy atom. The van der Waals surface area contributed by atoms with Crippen LogP contribution >= 0.6 is 11.6 Å². The van der Waals surface area contributed by atoms with Crippen LogP contribution in [0.4, 0.5) is 13.2 Å². The average molecular weight is 475 g/mol. The third-order valence-electron chi connectivity index (χ3n) is 5.39. The molecule has 6 nitrogen and oxygen atoms in total. The van der Waals surface area contributed by atoms with Gasteiger partial charge in [-0.2, -0.15) is 10.2 Å². The van der Waals surface area contributed by atoms with Crippen LogP contribution in [0.15, 0.2) is 36.7 Å². The Bertz CT molecular complexity index is 1280. The minimum Gasteiger partial charge on any atom is -0.259 e. The molecule has 10 heteroatoms. The molecule has 0 bridgehead atoms. The molecule has 172 valence electrons. The molecule has 0 amide bonds. The normalized spacial score (nSPS) is 11.5. The maximum atomic E-state index is 13.4. The van der Waals surface area contributed by atoms with E-state index in [0.717, 1.165) is 11.3 Å². The minimum absolute atomic E-state index is 0.316. The van der Waals surface area contributed by atoms with Crippen molar-refractivity contribution in [1.29, 1.82) is 0 Å². The van der Waals surface area contributed by atoms with E-state index in [0.29, 0.717) is 52.0 Å². The highest BCUT2D eigenvalue weighted by molar-refractivity contribution is 6.31. The van der Waals surface area contributed by atoms with Gasteiger partial charge in [0.15, 0.2) is 5.82 Å². The molecule has 0 saturated carbocycles. The first kappa shape index (κ1) is 23.0. The van der Waals surface area contributed by atoms with Crippen molar-refractivity contribution in [2.75, 3.05) is 0 Å². The molecule has 4 aromatic rings. The highest BCUT2D eigenvalue weighted by Gasteiger charge is 2.21. The van der Waals surface area contributed by atoms with Gasteiger partial charge in [0.1, 0.15) is 18.7 Å². The quantitative estimate of drug-likeness (QED) is 0.362. The summed E-state index contributed by atoms with van der Waals surface area (Å²) < 4.78 is 43.0. The van der Waals surface area contributed by atoms with Crippen molar-refractivity contribution in [3.8, 4) is 17.1 Å². The van der Waals surface area contributed by atoms with Gasteiger partial charge in [-0.1, -0.05) is 18.5 Å². The van der Waals surface area contributed by atoms with Crippen molar-refractivity contribution in [2.45, 2.75) is 46.6 Å². The zero-order chi connectivity index (χ0) is 23.7. The van der Waals surface area contributed by atoms with Gasteiger partial charge in [-0.3, -0.25) is 4.68 Å². The Labute approximate surface area is 194 Å². The Morgan fingerprint density at radius 3 is 2.39 bits per heavy atom. The summed E-state index contributed by atoms with van der Waals surface area (Å²) in [4.78, 5) is 8.64. The van der Waals surface area contributed by atoms with E-state index in [1.54, 1.807) is 22.9 Å². The molecule has 0 aliphatic rings. The van der Waals surface area contributed by atoms with Crippen LogP contribution in [0.1, 0.15) is 35.3 Å². The van der Waals surface area contributed by atoms with Gasteiger partial charge in [0.25, 0.3) is 6.43 Å². The zero-order valence-corrected chi connectivity index (χ0v) is 19.1. The summed E-state index contributed by atoms with van der Waals surface area (Å²) in [5.41, 5.74) is 4.75. The molecule has 0 spiro atoms. The second-order valence-corrected chi connectivity index (χ2v) is 8.03. The van der Waals surface area contributed by atoms with E-state index in [2.05, 4.69) is 20.2 Å². The number of alkyl halides is 2. The molecule has 33 heavy (non-hydrogen) atoms. The second kappa shape index (κ2) is 9.35. The summed E-state index contributed by atoms with van der Waals surface area (Å²) in [6.07, 6.45) is -0.271. The van der Waals surface area contributed by atoms with Crippen molar-refractivity contribution < 1.29 is 13.2 Å². The first-order valence-corrected chi connectivity index (χ1v) is 10.8. The maximum Gasteiger partial charge on any atom is 0.257 e. The Hall–Kier alpha value is -3.20. The van der Waals surface area contributed by atoms with E-state index in [-0.39, 0.29) is 0 Å². The standard InChI is InChI=1S/C23H22ClF3N6/c1-4-18-19(31-32(11-20(26)27)23(18)15-5-7-16(25)8-6-15)9-17-10-21(29-12-28-17)33-14(3)22(24)13(2)30-33/h5-8,10,12,20H,4,9,11H2,1-3H3. The lowest BCUT2D eigenvalue weighted by Crippen LogP contribution is -2.10. The number of hydrogen-bond donors (Lipinski definition) is 0. The molecule has 4 rings (SSSR count). The van der Waals surface area contributed by atoms with E-state index in [1.165, 1.54) is 23.1 Å². The fourth-order valence-electron chi connectivity index (χ4n) is 3.87. The van der Waals surface area contributed by atoms with Crippen LogP contribution in [0.3, 0.4) is 0 Å². The maximum absolute atomic E-state index is 13.4. The van der Waals surface area contributed by atoms with Crippen LogP contribution < -0.4 is 0 Å². The Kier molecular flexibility index (Phi) is 6.51. The average Bonchev–Trinajstić information content (AvgIpc) is 3.25. The van der Waals surface area contributed by atoms with Crippen LogP contribution in [-0.2, 0) is 19.4 Å². The van der Waals surface area contributed by atoms with Gasteiger partial charge in [0.2, 0.25) is 0 Å². The molecule has 3 aromatic heterocycles. The summed E-state index contributed by atoms with van der Waals surface area (Å²) in [6.45, 7) is 5.04. The predicted octanol–water partition coefficient (Wildman–Crippen LogP) is 5.35. The third kappa shape index (κ3) is 4.64. The fourth-order valence-corrected chi connectivity index (χ4v) is 3.99. The third-order valence-corrected chi connectivity index (χ3v) is 5.94. The largest absolute Gasteiger partial charge is 0.259 e. The highest BCUT2D eigenvalue weighted by Crippen LogP contribution is 2.29. The molecule has 0 saturated heterocycles. The van der Waals surface area contributed by atoms with Crippen molar-refractivity contribution in [3.05, 3.63) is 75.8 Å². The molecule has 0 atom stereocenters. The van der Waals surface area contributed by atoms with Crippen LogP contribution in [0.25, 0.3) is 17.1 Å². The van der Waals surface area contributed by atoms with E-state index in [4.69, 9.17) is 11.6 Å². The molecule has 0 aliphatic heterocycles. The number of benzene rings is 1. The van der Waals surface area contributed by atoms with Crippen molar-refractivity contribution in [2.24, 2.45) is 0 Å². The minimum atomic E-state index is -2.58. The van der Waals surface area contributed by atoms with Crippen LogP contribution in [0, 0.1) is 19.7 Å². The smallest absolute Gasteiger partial charge is 0.257 e. The Balaban J connectivity index is 1.75. The van der Waals surface area contributed by atoms with Crippen LogP contribution in [-0.4, -0.2) is 36.0 Å². The Morgan fingerprint density at radius 1 is 1.06 bits per heavy atom. The van der Waals surface area contributed by atoms with Gasteiger partial charge in [-0.05, 0) is 44.5 Å². The van der Waals surface area contributed by atoms with Gasteiger partial charge in [-0.15, -0.1) is 0 Å². The number of aromatic nitrogens is 6. The molecular formula is C23H22ClF3N6. The number of rotatable bonds is 7. The summed E-state index contributed by atoms with van der Waals surface area (Å²) in [7, 11) is 0. The van der Waals surface area contributed by atoms with Crippen LogP contribution in [0.5, 0.6) is 0 Å². The molecule has 0 fully saturated rings. The van der Waals surface area contributed by atoms with Crippen molar-refractivity contribution in [3.63, 3.8) is 0 Å². The molecule has 3 heterocycles. The van der Waals surface area contributed by atoms with Gasteiger partial charge in [-0.25, -0.2) is 27.8 Å². The van der Waals surface area contributed by atoms with E-state index >= 15 is 0 Å². The summed E-state index contributed by atoms with van der Waals surface area (Å²) in [5, 5.41) is 9.48. The highest BCUT2D eigenvalue weighted by atomic mass is 35.5. The molecule has 0 aliphatic carbocycles. The molecule has 0 radical (unpaired) electrons. The monoisotopic (exact) mass is 474 g/mol. The summed E-state index contributed by atoms with van der Waals surface area (Å²) in [5.74, 6) is 0.158. The van der Waals surface area contributed by atoms with Gasteiger partial charge >= 0.3 is 0 Å². The first-order valence-electron chi connectivity index (χ1n) is 10.4. The molecule has 1 aromatic carbocycles. The summed E-state index contributed by atoms with van der Waals surface area (Å²) >= 11 is 6.26. The van der Waals surface area contributed by atoms with Gasteiger partial charge in [0, 0.05) is 23.6 Å². The predicted molar refractivity (Wildman–Crippen MR) is 119 cm³/mol. The van der Waals surface area contributed by atoms with E-state index < -0.39 is 18.8 Å². The van der Waals surface area contributed by atoms with Gasteiger partial charge in [0.05, 0.1) is 33.5 Å². The molecule has 0 unspecified atom stereocenters. The van der Waals surface area contributed by atoms with Crippen LogP contribution in [0.2, 0.25) is 5.02 Å². The number of halogens is 4. The SMILES string of the molecule is CCc1c(Cc2cc(-n3nc(C)c(Cl)c3C)ncn2)nn(CC(F)F)c1-c1ccc(F)cc1. The number of aryl methyl sites for hydroxylation is 1. The topological polar surface area (TPSA) is 61.4 Å². The van der Waals surface area contributed by atoms with E-state index in [1.807, 2.05) is 20.8 Å². The fraction of sp³-hybridized carbons (Fsp3) is 0.304. The first-order chi connectivity index (χ1) is 15.8. The lowest BCUT2D eigenvalue weighted by Gasteiger charge is -2.09. The number of nitrogens with zero attached hydrogens (tertiary/aromatic N) is 6. The van der Waals surface area contributed by atoms with Crippen molar-refractivity contribution >= 4 is 11.6 Å². The second-order valence-electron chi connectivity index (χ2n) is 7.65. The zero-order valence-electron chi connectivity index (χ0n) is 18.4. The van der Waals surface area contributed by atoms with Gasteiger partial charge < -0.3 is 0 Å². The molecular weight excluding hydrogens is 453 g/mol. The molecule has 0 N–H and O–H groups in total. The number of hydrogen-bond acceptors (Lipinski definition) is 4. The van der Waals surface area contributed by atoms with E-state index in [9.17, 15) is 13.2 Å². The summed E-state index contributed by atoms with van der Waals surface area (Å²) in [6, 6.07) is 7.55. The lowest BCUT2D eigenvalue weighted by molar-refractivity contribution is 0.122. The lowest BCUT2D eigenvalue weighted by atomic mass is 10.0. The van der Waals surface area contributed by atoms with Crippen molar-refractivity contribution in [1.82, 2.24) is 29.5 Å².